The second-order valence-corrected chi connectivity index (χ2v) is 3.56. The third-order valence-electron chi connectivity index (χ3n) is 2.12. The van der Waals surface area contributed by atoms with Gasteiger partial charge in [0.1, 0.15) is 18.3 Å². The molecule has 0 unspecified atom stereocenters. The summed E-state index contributed by atoms with van der Waals surface area (Å²) in [6, 6.07) is 0. The monoisotopic (exact) mass is 198 g/mol. The van der Waals surface area contributed by atoms with Crippen LogP contribution in [-0.4, -0.2) is 29.7 Å². The summed E-state index contributed by atoms with van der Waals surface area (Å²) < 4.78 is 3.80. The maximum Gasteiger partial charge on any atom is 0.359 e. The van der Waals surface area contributed by atoms with Crippen molar-refractivity contribution >= 4 is 11.9 Å². The number of carbonyl (C=O) groups is 1. The Morgan fingerprint density at radius 1 is 1.64 bits per heavy atom. The van der Waals surface area contributed by atoms with Crippen molar-refractivity contribution in [3.05, 3.63) is 11.9 Å². The minimum Gasteiger partial charge on any atom is -0.481 e. The molecule has 0 aliphatic heterocycles. The van der Waals surface area contributed by atoms with Gasteiger partial charge in [-0.15, -0.1) is 0 Å². The number of aryl methyl sites for hydroxylation is 1. The van der Waals surface area contributed by atoms with Crippen LogP contribution < -0.4 is 9.47 Å². The fourth-order valence-corrected chi connectivity index (χ4v) is 1.67. The molecular formula is C9H16N3O2+. The van der Waals surface area contributed by atoms with E-state index in [4.69, 9.17) is 5.11 Å². The predicted octanol–water partition coefficient (Wildman–Crippen LogP) is -0.457. The van der Waals surface area contributed by atoms with Crippen LogP contribution in [0.4, 0.5) is 5.95 Å². The Bertz CT molecular complexity index is 355. The van der Waals surface area contributed by atoms with Gasteiger partial charge in [-0.25, -0.2) is 9.13 Å². The zero-order chi connectivity index (χ0) is 10.9. The molecule has 1 heterocycles. The van der Waals surface area contributed by atoms with E-state index in [9.17, 15) is 4.79 Å². The number of carboxylic acid groups (broad SMARTS) is 1. The van der Waals surface area contributed by atoms with Crippen molar-refractivity contribution in [3.8, 4) is 0 Å². The number of carboxylic acids is 1. The lowest BCUT2D eigenvalue weighted by atomic mass is 10.3. The van der Waals surface area contributed by atoms with E-state index in [1.54, 1.807) is 0 Å². The molecule has 0 spiro atoms. The van der Waals surface area contributed by atoms with E-state index in [0.29, 0.717) is 0 Å². The minimum atomic E-state index is -0.809. The third-order valence-corrected chi connectivity index (χ3v) is 2.12. The number of aromatic nitrogens is 2. The minimum absolute atomic E-state index is 0.0537. The zero-order valence-corrected chi connectivity index (χ0v) is 8.98. The quantitative estimate of drug-likeness (QED) is 0.669. The molecule has 14 heavy (non-hydrogen) atoms. The van der Waals surface area contributed by atoms with E-state index in [1.807, 2.05) is 48.4 Å². The summed E-state index contributed by atoms with van der Waals surface area (Å²) in [5.74, 6) is 0.165. The Morgan fingerprint density at radius 3 is 2.57 bits per heavy atom. The molecule has 1 N–H and O–H groups in total. The van der Waals surface area contributed by atoms with Crippen LogP contribution in [-0.2, 0) is 25.3 Å². The molecule has 0 amide bonds. The number of hydrogen-bond acceptors (Lipinski definition) is 2. The van der Waals surface area contributed by atoms with Gasteiger partial charge in [-0.1, -0.05) is 0 Å². The molecule has 1 aromatic heterocycles. The Labute approximate surface area is 83.2 Å². The van der Waals surface area contributed by atoms with Crippen LogP contribution in [0.1, 0.15) is 5.69 Å². The number of aliphatic carboxylic acids is 1. The first-order chi connectivity index (χ1) is 6.43. The number of nitrogens with zero attached hydrogens (tertiary/aromatic N) is 3. The molecule has 5 heteroatoms. The summed E-state index contributed by atoms with van der Waals surface area (Å²) in [7, 11) is 7.63. The van der Waals surface area contributed by atoms with Crippen LogP contribution in [0.15, 0.2) is 6.20 Å². The van der Waals surface area contributed by atoms with Gasteiger partial charge < -0.3 is 5.11 Å². The molecular weight excluding hydrogens is 182 g/mol. The van der Waals surface area contributed by atoms with E-state index in [-0.39, 0.29) is 6.42 Å². The maximum atomic E-state index is 10.6. The van der Waals surface area contributed by atoms with Crippen molar-refractivity contribution in [1.82, 2.24) is 4.57 Å². The van der Waals surface area contributed by atoms with Gasteiger partial charge in [0.05, 0.1) is 28.2 Å². The van der Waals surface area contributed by atoms with Gasteiger partial charge in [-0.3, -0.25) is 9.69 Å². The highest BCUT2D eigenvalue weighted by atomic mass is 16.4. The number of rotatable bonds is 3. The van der Waals surface area contributed by atoms with Gasteiger partial charge in [0.2, 0.25) is 0 Å². The zero-order valence-electron chi connectivity index (χ0n) is 8.98. The Hall–Kier alpha value is -1.52. The van der Waals surface area contributed by atoms with Crippen LogP contribution in [0.2, 0.25) is 0 Å². The third kappa shape index (κ3) is 1.86. The van der Waals surface area contributed by atoms with E-state index >= 15 is 0 Å². The summed E-state index contributed by atoms with van der Waals surface area (Å²) in [5.41, 5.74) is 0.795. The van der Waals surface area contributed by atoms with Crippen molar-refractivity contribution in [2.24, 2.45) is 14.1 Å². The smallest absolute Gasteiger partial charge is 0.359 e. The van der Waals surface area contributed by atoms with Crippen molar-refractivity contribution in [2.75, 3.05) is 19.0 Å². The summed E-state index contributed by atoms with van der Waals surface area (Å²) in [6.45, 7) is 0. The van der Waals surface area contributed by atoms with Crippen LogP contribution in [0.3, 0.4) is 0 Å². The van der Waals surface area contributed by atoms with Crippen LogP contribution >= 0.6 is 0 Å². The highest BCUT2D eigenvalue weighted by Crippen LogP contribution is 2.06. The molecule has 78 valence electrons. The first kappa shape index (κ1) is 10.6. The van der Waals surface area contributed by atoms with Gasteiger partial charge in [0.15, 0.2) is 0 Å². The van der Waals surface area contributed by atoms with Crippen molar-refractivity contribution < 1.29 is 14.5 Å². The Balaban J connectivity index is 3.10. The summed E-state index contributed by atoms with van der Waals surface area (Å²) >= 11 is 0. The lowest BCUT2D eigenvalue weighted by molar-refractivity contribution is -0.664. The molecule has 5 nitrogen and oxygen atoms in total. The van der Waals surface area contributed by atoms with E-state index in [0.717, 1.165) is 11.6 Å². The normalized spacial score (nSPS) is 10.3. The van der Waals surface area contributed by atoms with Crippen molar-refractivity contribution in [2.45, 2.75) is 6.42 Å². The number of hydrogen-bond donors (Lipinski definition) is 1. The van der Waals surface area contributed by atoms with Gasteiger partial charge in [0.25, 0.3) is 0 Å². The molecule has 0 aliphatic carbocycles. The molecule has 0 atom stereocenters. The molecule has 0 bridgehead atoms. The van der Waals surface area contributed by atoms with Gasteiger partial charge in [-0.05, 0) is 0 Å². The summed E-state index contributed by atoms with van der Waals surface area (Å²) in [5, 5.41) is 8.69. The number of anilines is 1. The van der Waals surface area contributed by atoms with Gasteiger partial charge >= 0.3 is 11.9 Å². The van der Waals surface area contributed by atoms with Crippen LogP contribution in [0, 0.1) is 0 Å². The van der Waals surface area contributed by atoms with E-state index in [1.165, 1.54) is 0 Å². The molecule has 1 aromatic rings. The van der Waals surface area contributed by atoms with Gasteiger partial charge in [0, 0.05) is 0 Å². The second kappa shape index (κ2) is 3.69. The maximum absolute atomic E-state index is 10.6. The van der Waals surface area contributed by atoms with Crippen molar-refractivity contribution in [3.63, 3.8) is 0 Å². The number of imidazole rings is 1. The second-order valence-electron chi connectivity index (χ2n) is 3.56. The Morgan fingerprint density at radius 2 is 2.21 bits per heavy atom. The largest absolute Gasteiger partial charge is 0.481 e. The molecule has 0 radical (unpaired) electrons. The molecule has 0 fully saturated rings. The lowest BCUT2D eigenvalue weighted by Crippen LogP contribution is -2.38. The lowest BCUT2D eigenvalue weighted by Gasteiger charge is -2.06. The average Bonchev–Trinajstić information content (AvgIpc) is 2.25. The predicted molar refractivity (Wildman–Crippen MR) is 52.3 cm³/mol. The molecule has 0 aromatic carbocycles. The van der Waals surface area contributed by atoms with Crippen LogP contribution in [0.5, 0.6) is 0 Å². The highest BCUT2D eigenvalue weighted by molar-refractivity contribution is 5.69. The molecule has 0 saturated heterocycles. The molecule has 0 saturated carbocycles. The Kier molecular flexibility index (Phi) is 2.78. The van der Waals surface area contributed by atoms with E-state index < -0.39 is 5.97 Å². The topological polar surface area (TPSA) is 49.4 Å². The SMILES string of the molecule is CN(C)c1n(C)cc(CC(=O)O)[n+]1C. The highest BCUT2D eigenvalue weighted by Gasteiger charge is 2.20. The molecule has 1 rings (SSSR count). The fraction of sp³-hybridized carbons (Fsp3) is 0.556. The average molecular weight is 198 g/mol. The van der Waals surface area contributed by atoms with Gasteiger partial charge in [-0.2, -0.15) is 0 Å². The first-order valence-corrected chi connectivity index (χ1v) is 4.36. The fourth-order valence-electron chi connectivity index (χ4n) is 1.67. The standard InChI is InChI=1S/C9H15N3O2/c1-10(2)9-11(3)6-7(12(9)4)5-8(13)14/h6H,5H2,1-4H3/p+1. The van der Waals surface area contributed by atoms with E-state index in [2.05, 4.69) is 0 Å². The summed E-state index contributed by atoms with van der Waals surface area (Å²) in [6.07, 6.45) is 1.89. The van der Waals surface area contributed by atoms with Crippen molar-refractivity contribution in [1.29, 1.82) is 0 Å². The van der Waals surface area contributed by atoms with Crippen LogP contribution in [0.25, 0.3) is 0 Å². The first-order valence-electron chi connectivity index (χ1n) is 4.36. The summed E-state index contributed by atoms with van der Waals surface area (Å²) in [4.78, 5) is 12.5. The molecule has 0 aliphatic rings.